The molecule has 2 N–H and O–H groups in total. The van der Waals surface area contributed by atoms with Crippen LogP contribution in [0.1, 0.15) is 96.8 Å². The number of aromatic nitrogens is 1. The van der Waals surface area contributed by atoms with Crippen molar-refractivity contribution in [3.8, 4) is 0 Å². The summed E-state index contributed by atoms with van der Waals surface area (Å²) in [5, 5.41) is 7.34. The van der Waals surface area contributed by atoms with Crippen molar-refractivity contribution < 1.29 is 33.4 Å². The van der Waals surface area contributed by atoms with Crippen molar-refractivity contribution in [1.29, 1.82) is 0 Å². The van der Waals surface area contributed by atoms with E-state index in [1.54, 1.807) is 51.9 Å². The molecular weight excluding hydrogens is 524 g/mol. The largest absolute Gasteiger partial charge is 0.461 e. The summed E-state index contributed by atoms with van der Waals surface area (Å²) in [6.07, 6.45) is -1.23. The molecule has 1 aromatic heterocycles. The molecule has 0 fully saturated rings. The Morgan fingerprint density at radius 1 is 1.08 bits per heavy atom. The summed E-state index contributed by atoms with van der Waals surface area (Å²) < 4.78 is 16.1. The average molecular weight is 571 g/mol. The number of carbonyl (C=O) groups is 4. The van der Waals surface area contributed by atoms with Gasteiger partial charge in [0.2, 0.25) is 5.91 Å². The smallest absolute Gasteiger partial charge is 0.408 e. The van der Waals surface area contributed by atoms with Gasteiger partial charge in [0, 0.05) is 31.4 Å². The fourth-order valence-corrected chi connectivity index (χ4v) is 4.67. The third kappa shape index (κ3) is 11.0. The van der Waals surface area contributed by atoms with Gasteiger partial charge in [0.1, 0.15) is 16.7 Å². The van der Waals surface area contributed by atoms with Gasteiger partial charge in [0.15, 0.2) is 11.8 Å². The van der Waals surface area contributed by atoms with Gasteiger partial charge in [-0.25, -0.2) is 19.4 Å². The Kier molecular flexibility index (Phi) is 13.7. The van der Waals surface area contributed by atoms with Crippen LogP contribution in [0, 0.1) is 11.8 Å². The Labute approximate surface area is 236 Å². The van der Waals surface area contributed by atoms with Crippen molar-refractivity contribution in [2.75, 3.05) is 20.2 Å². The Balaban J connectivity index is 3.28. The molecule has 1 rings (SSSR count). The fraction of sp³-hybridized carbons (Fsp3) is 0.741. The van der Waals surface area contributed by atoms with Crippen molar-refractivity contribution >= 4 is 35.4 Å². The van der Waals surface area contributed by atoms with E-state index in [1.807, 2.05) is 27.7 Å². The highest BCUT2D eigenvalue weighted by Gasteiger charge is 2.36. The topological polar surface area (TPSA) is 136 Å². The average Bonchev–Trinajstić information content (AvgIpc) is 3.33. The zero-order valence-corrected chi connectivity index (χ0v) is 25.8. The van der Waals surface area contributed by atoms with E-state index < -0.39 is 35.9 Å². The van der Waals surface area contributed by atoms with Crippen LogP contribution in [0.5, 0.6) is 0 Å². The van der Waals surface area contributed by atoms with E-state index in [0.29, 0.717) is 18.0 Å². The summed E-state index contributed by atoms with van der Waals surface area (Å²) in [6.45, 7) is 17.1. The molecule has 11 nitrogen and oxygen atoms in total. The Bertz CT molecular complexity index is 960. The maximum absolute atomic E-state index is 13.8. The van der Waals surface area contributed by atoms with Gasteiger partial charge in [0.25, 0.3) is 0 Å². The summed E-state index contributed by atoms with van der Waals surface area (Å²) in [5.74, 6) is -1.04. The predicted molar refractivity (Wildman–Crippen MR) is 150 cm³/mol. The number of amides is 3. The quantitative estimate of drug-likeness (QED) is 0.252. The second kappa shape index (κ2) is 15.6. The number of ether oxygens (including phenoxy) is 3. The van der Waals surface area contributed by atoms with E-state index in [0.717, 1.165) is 0 Å². The molecular formula is C27H46N4O7S. The summed E-state index contributed by atoms with van der Waals surface area (Å²) in [6, 6.07) is -1.20. The Hall–Kier alpha value is -2.89. The highest BCUT2D eigenvalue weighted by Crippen LogP contribution is 2.31. The minimum absolute atomic E-state index is 0.0390. The van der Waals surface area contributed by atoms with Crippen LogP contribution in [0.15, 0.2) is 5.38 Å². The standard InChI is InChI=1S/C27H46N4O7S/c1-11-17(6)21(30-26(35)38-27(7,8)9)23(32)31(10)19(16(4)5)14-20(37-25(34)28-12-2)22-29-18(15-39-22)24(33)36-13-3/h15-17,19-21H,11-14H2,1-10H3,(H,28,34)(H,30,35). The van der Waals surface area contributed by atoms with Gasteiger partial charge in [-0.1, -0.05) is 34.1 Å². The van der Waals surface area contributed by atoms with Gasteiger partial charge in [-0.2, -0.15) is 0 Å². The molecule has 1 heterocycles. The van der Waals surface area contributed by atoms with Crippen molar-refractivity contribution in [1.82, 2.24) is 20.5 Å². The second-order valence-electron chi connectivity index (χ2n) is 10.7. The molecule has 0 saturated carbocycles. The minimum Gasteiger partial charge on any atom is -0.461 e. The molecule has 0 radical (unpaired) electrons. The third-order valence-electron chi connectivity index (χ3n) is 6.07. The van der Waals surface area contributed by atoms with Crippen LogP contribution < -0.4 is 10.6 Å². The SMILES string of the molecule is CCNC(=O)OC(CC(C(C)C)N(C)C(=O)C(NC(=O)OC(C)(C)C)C(C)CC)c1nc(C(=O)OCC)cs1. The van der Waals surface area contributed by atoms with E-state index >= 15 is 0 Å². The van der Waals surface area contributed by atoms with Crippen LogP contribution in [-0.2, 0) is 19.0 Å². The summed E-state index contributed by atoms with van der Waals surface area (Å²) in [5.41, 5.74) is -0.579. The summed E-state index contributed by atoms with van der Waals surface area (Å²) in [7, 11) is 1.67. The first-order valence-corrected chi connectivity index (χ1v) is 14.4. The first-order chi connectivity index (χ1) is 18.1. The third-order valence-corrected chi connectivity index (χ3v) is 7.01. The lowest BCUT2D eigenvalue weighted by molar-refractivity contribution is -0.137. The molecule has 0 aliphatic rings. The molecule has 0 bridgehead atoms. The lowest BCUT2D eigenvalue weighted by Gasteiger charge is -2.37. The van der Waals surface area contributed by atoms with Gasteiger partial charge in [0.05, 0.1) is 6.61 Å². The number of thiazole rings is 1. The summed E-state index contributed by atoms with van der Waals surface area (Å²) >= 11 is 1.18. The molecule has 4 atom stereocenters. The van der Waals surface area contributed by atoms with E-state index in [4.69, 9.17) is 14.2 Å². The molecule has 3 amide bonds. The van der Waals surface area contributed by atoms with Crippen LogP contribution in [0.2, 0.25) is 0 Å². The minimum atomic E-state index is -0.826. The van der Waals surface area contributed by atoms with Crippen molar-refractivity contribution in [3.63, 3.8) is 0 Å². The van der Waals surface area contributed by atoms with Crippen LogP contribution in [0.4, 0.5) is 9.59 Å². The Morgan fingerprint density at radius 2 is 1.72 bits per heavy atom. The molecule has 39 heavy (non-hydrogen) atoms. The molecule has 0 aromatic carbocycles. The first kappa shape index (κ1) is 34.1. The van der Waals surface area contributed by atoms with Gasteiger partial charge in [-0.15, -0.1) is 11.3 Å². The molecule has 1 aromatic rings. The monoisotopic (exact) mass is 570 g/mol. The number of likely N-dealkylation sites (N-methyl/N-ethyl adjacent to an activating group) is 1. The van der Waals surface area contributed by atoms with Crippen LogP contribution in [0.25, 0.3) is 0 Å². The number of nitrogens with one attached hydrogen (secondary N) is 2. The number of esters is 1. The first-order valence-electron chi connectivity index (χ1n) is 13.5. The second-order valence-corrected chi connectivity index (χ2v) is 11.6. The van der Waals surface area contributed by atoms with E-state index in [9.17, 15) is 19.2 Å². The molecule has 4 unspecified atom stereocenters. The van der Waals surface area contributed by atoms with Crippen molar-refractivity contribution in [2.45, 2.75) is 98.9 Å². The molecule has 0 aliphatic heterocycles. The van der Waals surface area contributed by atoms with Crippen LogP contribution >= 0.6 is 11.3 Å². The van der Waals surface area contributed by atoms with Crippen LogP contribution in [-0.4, -0.2) is 71.8 Å². The Morgan fingerprint density at radius 3 is 2.23 bits per heavy atom. The molecule has 222 valence electrons. The van der Waals surface area contributed by atoms with E-state index in [-0.39, 0.29) is 42.5 Å². The van der Waals surface area contributed by atoms with Gasteiger partial charge in [-0.05, 0) is 46.5 Å². The van der Waals surface area contributed by atoms with Gasteiger partial charge >= 0.3 is 18.2 Å². The zero-order chi connectivity index (χ0) is 29.9. The number of rotatable bonds is 13. The number of hydrogen-bond donors (Lipinski definition) is 2. The molecule has 0 aliphatic carbocycles. The zero-order valence-electron chi connectivity index (χ0n) is 25.0. The van der Waals surface area contributed by atoms with Crippen molar-refractivity contribution in [3.05, 3.63) is 16.1 Å². The number of hydrogen-bond acceptors (Lipinski definition) is 9. The lowest BCUT2D eigenvalue weighted by atomic mass is 9.93. The van der Waals surface area contributed by atoms with E-state index in [2.05, 4.69) is 15.6 Å². The van der Waals surface area contributed by atoms with Gasteiger partial charge < -0.3 is 29.7 Å². The van der Waals surface area contributed by atoms with Crippen LogP contribution in [0.3, 0.4) is 0 Å². The maximum atomic E-state index is 13.8. The number of carbonyl (C=O) groups excluding carboxylic acids is 4. The highest BCUT2D eigenvalue weighted by molar-refractivity contribution is 7.09. The molecule has 0 spiro atoms. The number of alkyl carbamates (subject to hydrolysis) is 2. The summed E-state index contributed by atoms with van der Waals surface area (Å²) in [4.78, 5) is 56.9. The normalized spacial score (nSPS) is 14.5. The fourth-order valence-electron chi connectivity index (χ4n) is 3.85. The predicted octanol–water partition coefficient (Wildman–Crippen LogP) is 4.92. The molecule has 12 heteroatoms. The highest BCUT2D eigenvalue weighted by atomic mass is 32.1. The van der Waals surface area contributed by atoms with Gasteiger partial charge in [-0.3, -0.25) is 4.79 Å². The number of nitrogens with zero attached hydrogens (tertiary/aromatic N) is 2. The van der Waals surface area contributed by atoms with Crippen molar-refractivity contribution in [2.24, 2.45) is 11.8 Å². The molecule has 0 saturated heterocycles. The maximum Gasteiger partial charge on any atom is 0.408 e. The van der Waals surface area contributed by atoms with E-state index in [1.165, 1.54) is 11.3 Å². The lowest BCUT2D eigenvalue weighted by Crippen LogP contribution is -2.55.